The van der Waals surface area contributed by atoms with Crippen LogP contribution in [-0.2, 0) is 37.2 Å². The molecular formula is C11H17N3O7S. The van der Waals surface area contributed by atoms with Gasteiger partial charge in [-0.05, 0) is 6.92 Å². The van der Waals surface area contributed by atoms with Crippen LogP contribution in [0, 0.1) is 0 Å². The van der Waals surface area contributed by atoms with E-state index < -0.39 is 34.5 Å². The largest absolute Gasteiger partial charge is 0.731 e. The summed E-state index contributed by atoms with van der Waals surface area (Å²) < 4.78 is 45.6. The Balaban J connectivity index is 3.34. The zero-order chi connectivity index (χ0) is 17.1. The van der Waals surface area contributed by atoms with Crippen molar-refractivity contribution in [2.75, 3.05) is 20.8 Å². The van der Waals surface area contributed by atoms with Crippen LogP contribution >= 0.6 is 0 Å². The number of imidazole rings is 1. The molecule has 22 heavy (non-hydrogen) atoms. The second-order valence-electron chi connectivity index (χ2n) is 4.69. The van der Waals surface area contributed by atoms with Gasteiger partial charge in [-0.2, -0.15) is 0 Å². The molecule has 0 N–H and O–H groups in total. The van der Waals surface area contributed by atoms with Gasteiger partial charge in [0, 0.05) is 0 Å². The highest BCUT2D eigenvalue weighted by Crippen LogP contribution is 2.21. The summed E-state index contributed by atoms with van der Waals surface area (Å²) in [4.78, 5) is 23.6. The van der Waals surface area contributed by atoms with Gasteiger partial charge in [-0.25, -0.2) is 31.4 Å². The molecule has 10 nitrogen and oxygen atoms in total. The van der Waals surface area contributed by atoms with E-state index in [2.05, 4.69) is 9.47 Å². The van der Waals surface area contributed by atoms with Crippen LogP contribution in [0.3, 0.4) is 0 Å². The third kappa shape index (κ3) is 3.54. The van der Waals surface area contributed by atoms with Gasteiger partial charge >= 0.3 is 12.1 Å². The summed E-state index contributed by atoms with van der Waals surface area (Å²) in [5.74, 6) is -0.832. The number of hydrogen-bond acceptors (Lipinski definition) is 7. The van der Waals surface area contributed by atoms with Crippen molar-refractivity contribution >= 4 is 22.4 Å². The van der Waals surface area contributed by atoms with Gasteiger partial charge in [0.05, 0.1) is 27.8 Å². The number of esters is 1. The number of aryl methyl sites for hydroxylation is 1. The molecule has 0 spiro atoms. The van der Waals surface area contributed by atoms with Gasteiger partial charge in [0.25, 0.3) is 0 Å². The van der Waals surface area contributed by atoms with Crippen molar-refractivity contribution < 1.29 is 36.6 Å². The maximum Gasteiger partial charge on any atom is 0.422 e. The van der Waals surface area contributed by atoms with Crippen molar-refractivity contribution in [3.05, 3.63) is 18.7 Å². The van der Waals surface area contributed by atoms with Gasteiger partial charge in [-0.1, -0.05) is 0 Å². The zero-order valence-corrected chi connectivity index (χ0v) is 13.4. The highest BCUT2D eigenvalue weighted by atomic mass is 32.2. The summed E-state index contributed by atoms with van der Waals surface area (Å²) in [5.41, 5.74) is -1.64. The molecule has 1 rings (SSSR count). The Morgan fingerprint density at radius 2 is 1.95 bits per heavy atom. The van der Waals surface area contributed by atoms with Gasteiger partial charge in [0.2, 0.25) is 11.9 Å². The second kappa shape index (κ2) is 6.32. The Hall–Kier alpha value is -2.14. The minimum absolute atomic E-state index is 0.0656. The molecule has 1 atom stereocenters. The number of methoxy groups -OCH3 is 2. The van der Waals surface area contributed by atoms with E-state index in [4.69, 9.17) is 0 Å². The highest BCUT2D eigenvalue weighted by Gasteiger charge is 2.45. The Kier molecular flexibility index (Phi) is 5.14. The minimum atomic E-state index is -5.17. The average Bonchev–Trinajstić information content (AvgIpc) is 2.88. The Labute approximate surface area is 127 Å². The van der Waals surface area contributed by atoms with E-state index in [0.717, 1.165) is 14.2 Å². The lowest BCUT2D eigenvalue weighted by atomic mass is 10.0. The van der Waals surface area contributed by atoms with E-state index in [1.54, 1.807) is 17.8 Å². The van der Waals surface area contributed by atoms with Crippen LogP contribution in [0.5, 0.6) is 0 Å². The average molecular weight is 335 g/mol. The van der Waals surface area contributed by atoms with Crippen LogP contribution < -0.4 is 4.57 Å². The first-order chi connectivity index (χ1) is 10.1. The lowest BCUT2D eigenvalue weighted by Crippen LogP contribution is -2.52. The van der Waals surface area contributed by atoms with Crippen molar-refractivity contribution in [1.82, 2.24) is 8.87 Å². The Bertz CT molecular complexity index is 669. The molecule has 1 aromatic heterocycles. The zero-order valence-electron chi connectivity index (χ0n) is 12.5. The lowest BCUT2D eigenvalue weighted by molar-refractivity contribution is -0.671. The van der Waals surface area contributed by atoms with E-state index in [9.17, 15) is 22.6 Å². The summed E-state index contributed by atoms with van der Waals surface area (Å²) in [6.45, 7) is 0.562. The van der Waals surface area contributed by atoms with E-state index in [-0.39, 0.29) is 4.31 Å². The number of hydrogen-bond donors (Lipinski definition) is 0. The molecule has 0 saturated heterocycles. The standard InChI is InChI=1S/C11H17N3O7S/c1-11(9(15)20-3,13-6-5-12(2)8-13)7-14(10(16)21-4)22(17,18)19/h5-6,8H,7H2,1-4H3/t11-/m0/s1. The molecule has 0 radical (unpaired) electrons. The molecule has 1 aromatic rings. The van der Waals surface area contributed by atoms with Gasteiger partial charge in [0.1, 0.15) is 12.4 Å². The molecule has 0 aliphatic heterocycles. The Morgan fingerprint density at radius 3 is 2.32 bits per heavy atom. The molecule has 0 fully saturated rings. The van der Waals surface area contributed by atoms with Crippen molar-refractivity contribution in [2.24, 2.45) is 7.05 Å². The maximum absolute atomic E-state index is 12.1. The van der Waals surface area contributed by atoms with Crippen LogP contribution in [0.1, 0.15) is 6.92 Å². The van der Waals surface area contributed by atoms with Crippen molar-refractivity contribution in [1.29, 1.82) is 0 Å². The molecule has 0 unspecified atom stereocenters. The van der Waals surface area contributed by atoms with Crippen LogP contribution in [0.15, 0.2) is 18.7 Å². The topological polar surface area (TPSA) is 122 Å². The number of aromatic nitrogens is 2. The summed E-state index contributed by atoms with van der Waals surface area (Å²) >= 11 is 0. The van der Waals surface area contributed by atoms with E-state index in [1.807, 2.05) is 0 Å². The molecule has 0 aliphatic rings. The summed E-state index contributed by atoms with van der Waals surface area (Å²) in [6.07, 6.45) is 3.16. The molecule has 0 aromatic carbocycles. The predicted molar refractivity (Wildman–Crippen MR) is 70.1 cm³/mol. The second-order valence-corrected chi connectivity index (χ2v) is 5.98. The van der Waals surface area contributed by atoms with Gasteiger partial charge in [-0.3, -0.25) is 0 Å². The fraction of sp³-hybridized carbons (Fsp3) is 0.545. The molecule has 0 saturated carbocycles. The summed E-state index contributed by atoms with van der Waals surface area (Å²) in [5, 5.41) is 0. The van der Waals surface area contributed by atoms with Crippen molar-refractivity contribution in [3.8, 4) is 0 Å². The van der Waals surface area contributed by atoms with E-state index in [0.29, 0.717) is 0 Å². The van der Waals surface area contributed by atoms with Crippen molar-refractivity contribution in [2.45, 2.75) is 12.5 Å². The van der Waals surface area contributed by atoms with E-state index >= 15 is 0 Å². The molecule has 1 heterocycles. The van der Waals surface area contributed by atoms with Gasteiger partial charge in [-0.15, -0.1) is 0 Å². The van der Waals surface area contributed by atoms with Crippen LogP contribution in [0.4, 0.5) is 4.79 Å². The number of nitrogens with zero attached hydrogens (tertiary/aromatic N) is 3. The minimum Gasteiger partial charge on any atom is -0.731 e. The normalized spacial score (nSPS) is 14.0. The number of carbonyl (C=O) groups is 2. The fourth-order valence-electron chi connectivity index (χ4n) is 1.83. The van der Waals surface area contributed by atoms with Crippen molar-refractivity contribution in [3.63, 3.8) is 0 Å². The van der Waals surface area contributed by atoms with Gasteiger partial charge in [0.15, 0.2) is 10.3 Å². The summed E-state index contributed by atoms with van der Waals surface area (Å²) in [6, 6.07) is 0. The van der Waals surface area contributed by atoms with Crippen LogP contribution in [0.25, 0.3) is 0 Å². The molecule has 1 amide bonds. The van der Waals surface area contributed by atoms with Gasteiger partial charge < -0.3 is 14.0 Å². The molecule has 11 heteroatoms. The number of amides is 1. The molecule has 124 valence electrons. The predicted octanol–water partition coefficient (Wildman–Crippen LogP) is -1.27. The first-order valence-corrected chi connectivity index (χ1v) is 7.36. The van der Waals surface area contributed by atoms with E-state index in [1.165, 1.54) is 24.0 Å². The fourth-order valence-corrected chi connectivity index (χ4v) is 2.50. The quantitative estimate of drug-likeness (QED) is 0.373. The third-order valence-corrected chi connectivity index (χ3v) is 3.88. The first-order valence-electron chi connectivity index (χ1n) is 6.00. The molecule has 0 bridgehead atoms. The highest BCUT2D eigenvalue weighted by molar-refractivity contribution is 7.83. The number of carbonyl (C=O) groups excluding carboxylic acids is 2. The lowest BCUT2D eigenvalue weighted by Gasteiger charge is -2.31. The molecular weight excluding hydrogens is 318 g/mol. The van der Waals surface area contributed by atoms with Crippen LogP contribution in [-0.4, -0.2) is 54.7 Å². The SMILES string of the molecule is COC(=O)N(C[C@@](C)(C(=O)OC)n1cc[n+](C)c1)S(=O)(=O)[O-]. The summed E-state index contributed by atoms with van der Waals surface area (Å²) in [7, 11) is -1.46. The van der Waals surface area contributed by atoms with Crippen LogP contribution in [0.2, 0.25) is 0 Å². The Morgan fingerprint density at radius 1 is 1.36 bits per heavy atom. The number of rotatable bonds is 5. The monoisotopic (exact) mass is 335 g/mol. The molecule has 0 aliphatic carbocycles. The number of ether oxygens (including phenoxy) is 2. The smallest absolute Gasteiger partial charge is 0.422 e. The third-order valence-electron chi connectivity index (χ3n) is 3.06. The first kappa shape index (κ1) is 17.9. The maximum atomic E-state index is 12.1.